The first-order chi connectivity index (χ1) is 49.6. The molecule has 100 heavy (non-hydrogen) atoms. The molecular weight excluding hydrogens is 1210 g/mol. The summed E-state index contributed by atoms with van der Waals surface area (Å²) in [7, 11) is 0. The fourth-order valence-electron chi connectivity index (χ4n) is 15.6. The van der Waals surface area contributed by atoms with E-state index in [0.29, 0.717) is 11.8 Å². The number of nitrogens with zero attached hydrogens (tertiary/aromatic N) is 2. The second-order valence-corrected chi connectivity index (χ2v) is 27.2. The average Bonchev–Trinajstić information content (AvgIpc) is 0.805. The number of hydrogen-bond acceptors (Lipinski definition) is 2. The van der Waals surface area contributed by atoms with Crippen LogP contribution in [-0.2, 0) is 0 Å². The smallest absolute Gasteiger partial charge is 0.0462 e. The Balaban J connectivity index is 0.000000157. The molecule has 0 unspecified atom stereocenters. The molecule has 0 N–H and O–H groups in total. The lowest BCUT2D eigenvalue weighted by Crippen LogP contribution is -2.09. The topological polar surface area (TPSA) is 6.48 Å². The van der Waals surface area contributed by atoms with Gasteiger partial charge in [-0.3, -0.25) is 0 Å². The van der Waals surface area contributed by atoms with Gasteiger partial charge in [0.15, 0.2) is 0 Å². The molecule has 0 bridgehead atoms. The third kappa shape index (κ3) is 14.0. The summed E-state index contributed by atoms with van der Waals surface area (Å²) < 4.78 is 0. The Labute approximate surface area is 590 Å². The molecule has 15 aromatic carbocycles. The predicted octanol–water partition coefficient (Wildman–Crippen LogP) is 28.4. The monoisotopic (exact) mass is 1290 g/mol. The molecule has 2 nitrogen and oxygen atoms in total. The summed E-state index contributed by atoms with van der Waals surface area (Å²) in [5.74, 6) is 1.40. The van der Waals surface area contributed by atoms with Gasteiger partial charge in [-0.15, -0.1) is 0 Å². The Hall–Kier alpha value is -11.6. The van der Waals surface area contributed by atoms with Crippen molar-refractivity contribution >= 4 is 55.7 Å². The summed E-state index contributed by atoms with van der Waals surface area (Å²) in [5.41, 5.74) is 27.2. The standard InChI is InChI=1S/C52H43N.C46H39N/c1-3-11-38(12-4-1)41-25-31-48(32-26-41)53(50-35-29-43(30-36-50)47-18-9-17-46(37-47)39-13-5-2-6-14-39)49-33-27-42(28-34-49)40-21-23-45(24-22-40)52-20-10-16-44-15-7-8-19-51(44)52;1-3-11-34(12-4-1)36-21-27-42(28-22-36)47(44-31-25-39(26-32-44)46-20-10-16-38-15-7-8-19-45(38)46)43-29-23-37(24-30-43)41-18-9-17-40(33-41)35-13-5-2-6-14-35/h1,3-4,7-12,15-37,39H,2,5-6,13-14H2;1,3-4,7-12,15-33,35H,2,5-6,13-14H2. The molecule has 0 radical (unpaired) electrons. The Morgan fingerprint density at radius 2 is 0.420 bits per heavy atom. The van der Waals surface area contributed by atoms with E-state index in [0.717, 1.165) is 34.1 Å². The number of fused-ring (bicyclic) bond motifs is 2. The second-order valence-electron chi connectivity index (χ2n) is 27.2. The molecule has 0 aromatic heterocycles. The van der Waals surface area contributed by atoms with Gasteiger partial charge in [-0.2, -0.15) is 0 Å². The highest BCUT2D eigenvalue weighted by Gasteiger charge is 2.21. The summed E-state index contributed by atoms with van der Waals surface area (Å²) in [6.45, 7) is 0. The highest BCUT2D eigenvalue weighted by Crippen LogP contribution is 2.43. The van der Waals surface area contributed by atoms with Gasteiger partial charge in [0.2, 0.25) is 0 Å². The van der Waals surface area contributed by atoms with Crippen molar-refractivity contribution in [2.45, 2.75) is 76.0 Å². The zero-order chi connectivity index (χ0) is 66.8. The minimum atomic E-state index is 0.697. The van der Waals surface area contributed by atoms with Crippen molar-refractivity contribution in [1.82, 2.24) is 0 Å². The third-order valence-electron chi connectivity index (χ3n) is 21.0. The molecule has 17 rings (SSSR count). The molecule has 2 saturated carbocycles. The molecule has 2 fully saturated rings. The summed E-state index contributed by atoms with van der Waals surface area (Å²) in [4.78, 5) is 4.73. The van der Waals surface area contributed by atoms with Crippen molar-refractivity contribution < 1.29 is 0 Å². The van der Waals surface area contributed by atoms with Crippen LogP contribution in [0.5, 0.6) is 0 Å². The van der Waals surface area contributed by atoms with Crippen LogP contribution in [0.15, 0.2) is 364 Å². The fraction of sp³-hybridized carbons (Fsp3) is 0.122. The van der Waals surface area contributed by atoms with E-state index < -0.39 is 0 Å². The van der Waals surface area contributed by atoms with Crippen LogP contribution in [0, 0.1) is 0 Å². The van der Waals surface area contributed by atoms with Crippen molar-refractivity contribution in [3.8, 4) is 77.9 Å². The first-order valence-electron chi connectivity index (χ1n) is 36.2. The Morgan fingerprint density at radius 1 is 0.180 bits per heavy atom. The van der Waals surface area contributed by atoms with E-state index in [4.69, 9.17) is 0 Å². The number of benzene rings is 15. The molecule has 2 heteroatoms. The van der Waals surface area contributed by atoms with Crippen molar-refractivity contribution in [3.63, 3.8) is 0 Å². The van der Waals surface area contributed by atoms with Gasteiger partial charge in [-0.25, -0.2) is 0 Å². The molecule has 2 aliphatic rings. The number of rotatable bonds is 15. The van der Waals surface area contributed by atoms with E-state index in [2.05, 4.69) is 374 Å². The molecule has 0 atom stereocenters. The first kappa shape index (κ1) is 63.2. The van der Waals surface area contributed by atoms with E-state index in [1.54, 1.807) is 0 Å². The van der Waals surface area contributed by atoms with Gasteiger partial charge in [0, 0.05) is 34.1 Å². The van der Waals surface area contributed by atoms with Gasteiger partial charge in [0.05, 0.1) is 0 Å². The third-order valence-corrected chi connectivity index (χ3v) is 21.0. The first-order valence-corrected chi connectivity index (χ1v) is 36.2. The molecule has 0 amide bonds. The van der Waals surface area contributed by atoms with Crippen molar-refractivity contribution in [3.05, 3.63) is 375 Å². The van der Waals surface area contributed by atoms with Crippen molar-refractivity contribution in [2.24, 2.45) is 0 Å². The zero-order valence-electron chi connectivity index (χ0n) is 56.8. The summed E-state index contributed by atoms with van der Waals surface area (Å²) in [6.07, 6.45) is 13.4. The largest absolute Gasteiger partial charge is 0.311 e. The van der Waals surface area contributed by atoms with Crippen LogP contribution in [-0.4, -0.2) is 0 Å². The average molecular weight is 1290 g/mol. The van der Waals surface area contributed by atoms with Gasteiger partial charge in [-0.05, 0) is 221 Å². The maximum Gasteiger partial charge on any atom is 0.0462 e. The number of anilines is 6. The Morgan fingerprint density at radius 3 is 0.760 bits per heavy atom. The summed E-state index contributed by atoms with van der Waals surface area (Å²) in [6, 6.07) is 133. The lowest BCUT2D eigenvalue weighted by Gasteiger charge is -2.26. The maximum atomic E-state index is 2.43. The Kier molecular flexibility index (Phi) is 18.7. The Bertz CT molecular complexity index is 5170. The van der Waals surface area contributed by atoms with Crippen LogP contribution >= 0.6 is 0 Å². The van der Waals surface area contributed by atoms with Crippen LogP contribution in [0.1, 0.15) is 87.2 Å². The van der Waals surface area contributed by atoms with Crippen LogP contribution < -0.4 is 9.80 Å². The van der Waals surface area contributed by atoms with Gasteiger partial charge in [0.1, 0.15) is 0 Å². The van der Waals surface area contributed by atoms with Crippen LogP contribution in [0.4, 0.5) is 34.1 Å². The normalized spacial score (nSPS) is 13.3. The summed E-state index contributed by atoms with van der Waals surface area (Å²) in [5, 5.41) is 5.09. The van der Waals surface area contributed by atoms with Gasteiger partial charge in [0.25, 0.3) is 0 Å². The molecule has 0 aliphatic heterocycles. The molecule has 0 heterocycles. The minimum Gasteiger partial charge on any atom is -0.311 e. The molecular formula is C98H82N2. The SMILES string of the molecule is c1ccc(-c2ccc(N(c3ccc(-c4ccc(-c5cccc6ccccc56)cc4)cc3)c3ccc(-c4cccc(C5CCCCC5)c4)cc3)cc2)cc1.c1ccc(-c2ccc(N(c3ccc(-c4cccc(C5CCCCC5)c4)cc3)c3ccc(-c4cccc5ccccc45)cc3)cc2)cc1. The number of hydrogen-bond donors (Lipinski definition) is 0. The van der Waals surface area contributed by atoms with Gasteiger partial charge >= 0.3 is 0 Å². The molecule has 0 spiro atoms. The van der Waals surface area contributed by atoms with E-state index in [9.17, 15) is 0 Å². The quantitative estimate of drug-likeness (QED) is 0.101. The molecule has 15 aromatic rings. The lowest BCUT2D eigenvalue weighted by atomic mass is 9.83. The van der Waals surface area contributed by atoms with Gasteiger partial charge < -0.3 is 9.80 Å². The fourth-order valence-corrected chi connectivity index (χ4v) is 15.6. The van der Waals surface area contributed by atoms with Gasteiger partial charge in [-0.1, -0.05) is 330 Å². The highest BCUT2D eigenvalue weighted by atomic mass is 15.1. The van der Waals surface area contributed by atoms with E-state index in [1.165, 1.54) is 175 Å². The predicted molar refractivity (Wildman–Crippen MR) is 427 cm³/mol. The minimum absolute atomic E-state index is 0.697. The highest BCUT2D eigenvalue weighted by molar-refractivity contribution is 5.98. The van der Waals surface area contributed by atoms with Crippen LogP contribution in [0.25, 0.3) is 99.4 Å². The lowest BCUT2D eigenvalue weighted by molar-refractivity contribution is 0.444. The van der Waals surface area contributed by atoms with Crippen molar-refractivity contribution in [1.29, 1.82) is 0 Å². The zero-order valence-corrected chi connectivity index (χ0v) is 56.8. The van der Waals surface area contributed by atoms with E-state index >= 15 is 0 Å². The molecule has 2 aliphatic carbocycles. The molecule has 0 saturated heterocycles. The van der Waals surface area contributed by atoms with Crippen LogP contribution in [0.2, 0.25) is 0 Å². The van der Waals surface area contributed by atoms with E-state index in [1.807, 2.05) is 0 Å². The van der Waals surface area contributed by atoms with Crippen LogP contribution in [0.3, 0.4) is 0 Å². The second kappa shape index (κ2) is 29.6. The van der Waals surface area contributed by atoms with E-state index in [-0.39, 0.29) is 0 Å². The maximum absolute atomic E-state index is 2.43. The molecule has 484 valence electrons. The van der Waals surface area contributed by atoms with Crippen molar-refractivity contribution in [2.75, 3.05) is 9.80 Å². The summed E-state index contributed by atoms with van der Waals surface area (Å²) >= 11 is 0.